The first-order chi connectivity index (χ1) is 7.65. The normalized spacial score (nSPS) is 24.9. The molecule has 0 spiro atoms. The van der Waals surface area contributed by atoms with Crippen LogP contribution in [-0.4, -0.2) is 23.9 Å². The van der Waals surface area contributed by atoms with E-state index < -0.39 is 0 Å². The topological polar surface area (TPSA) is 44.1 Å². The molecule has 0 aliphatic carbocycles. The molecule has 96 valence electrons. The molecule has 0 bridgehead atoms. The van der Waals surface area contributed by atoms with Crippen molar-refractivity contribution in [1.82, 2.24) is 4.90 Å². The Kier molecular flexibility index (Phi) is 3.86. The highest BCUT2D eigenvalue weighted by Gasteiger charge is 2.35. The van der Waals surface area contributed by atoms with Gasteiger partial charge >= 0.3 is 0 Å². The van der Waals surface area contributed by atoms with E-state index in [1.807, 2.05) is 25.7 Å². The molecule has 0 aromatic heterocycles. The molecule has 1 saturated heterocycles. The maximum Gasteiger partial charge on any atom is 0.227 e. The van der Waals surface area contributed by atoms with E-state index in [-0.39, 0.29) is 22.7 Å². The van der Waals surface area contributed by atoms with Crippen molar-refractivity contribution in [1.29, 1.82) is 5.26 Å². The van der Waals surface area contributed by atoms with Gasteiger partial charge in [0.05, 0.1) is 6.07 Å². The summed E-state index contributed by atoms with van der Waals surface area (Å²) in [7, 11) is 0. The minimum absolute atomic E-state index is 0.0395. The van der Waals surface area contributed by atoms with Crippen LogP contribution in [0, 0.1) is 28.1 Å². The van der Waals surface area contributed by atoms with Crippen LogP contribution < -0.4 is 0 Å². The highest BCUT2D eigenvalue weighted by Crippen LogP contribution is 2.33. The summed E-state index contributed by atoms with van der Waals surface area (Å²) >= 11 is 0. The van der Waals surface area contributed by atoms with Crippen molar-refractivity contribution in [3.05, 3.63) is 0 Å². The van der Waals surface area contributed by atoms with Crippen molar-refractivity contribution in [2.75, 3.05) is 13.1 Å². The second-order valence-electron chi connectivity index (χ2n) is 6.96. The number of amides is 1. The summed E-state index contributed by atoms with van der Waals surface area (Å²) in [6.45, 7) is 11.6. The number of nitrogens with zero attached hydrogens (tertiary/aromatic N) is 2. The maximum atomic E-state index is 12.3. The van der Waals surface area contributed by atoms with E-state index in [2.05, 4.69) is 19.9 Å². The third-order valence-electron chi connectivity index (χ3n) is 3.28. The first-order valence-electron chi connectivity index (χ1n) is 6.35. The van der Waals surface area contributed by atoms with Crippen LogP contribution in [0.1, 0.15) is 47.5 Å². The van der Waals surface area contributed by atoms with E-state index in [1.54, 1.807) is 0 Å². The lowest BCUT2D eigenvalue weighted by molar-refractivity contribution is -0.140. The van der Waals surface area contributed by atoms with Gasteiger partial charge in [0, 0.05) is 24.4 Å². The molecule has 3 heteroatoms. The molecule has 0 saturated carbocycles. The van der Waals surface area contributed by atoms with Crippen molar-refractivity contribution >= 4 is 5.91 Å². The van der Waals surface area contributed by atoms with Gasteiger partial charge in [-0.15, -0.1) is 0 Å². The van der Waals surface area contributed by atoms with Crippen LogP contribution in [-0.2, 0) is 4.79 Å². The monoisotopic (exact) mass is 236 g/mol. The number of hydrogen-bond donors (Lipinski definition) is 0. The third-order valence-corrected chi connectivity index (χ3v) is 3.28. The molecule has 1 aliphatic heterocycles. The van der Waals surface area contributed by atoms with Crippen molar-refractivity contribution in [2.24, 2.45) is 16.7 Å². The highest BCUT2D eigenvalue weighted by atomic mass is 16.2. The van der Waals surface area contributed by atoms with Crippen molar-refractivity contribution in [2.45, 2.75) is 47.5 Å². The average Bonchev–Trinajstić information content (AvgIpc) is 2.33. The van der Waals surface area contributed by atoms with E-state index in [4.69, 9.17) is 5.26 Å². The zero-order valence-corrected chi connectivity index (χ0v) is 11.7. The van der Waals surface area contributed by atoms with Gasteiger partial charge in [0.1, 0.15) is 0 Å². The number of hydrogen-bond acceptors (Lipinski definition) is 2. The number of rotatable bonds is 0. The van der Waals surface area contributed by atoms with E-state index in [1.165, 1.54) is 0 Å². The lowest BCUT2D eigenvalue weighted by Crippen LogP contribution is -2.43. The number of nitriles is 1. The standard InChI is InChI=1S/C14H24N2O/c1-13(2,3)12(17)16-7-6-11(9-15)8-14(4,5)10-16/h11H,6-8,10H2,1-5H3. The van der Waals surface area contributed by atoms with Gasteiger partial charge in [0.25, 0.3) is 0 Å². The van der Waals surface area contributed by atoms with E-state index in [0.29, 0.717) is 0 Å². The first kappa shape index (κ1) is 14.0. The molecule has 0 aromatic rings. The van der Waals surface area contributed by atoms with Crippen LogP contribution >= 0.6 is 0 Å². The van der Waals surface area contributed by atoms with Crippen LogP contribution in [0.3, 0.4) is 0 Å². The highest BCUT2D eigenvalue weighted by molar-refractivity contribution is 5.81. The van der Waals surface area contributed by atoms with Gasteiger partial charge in [-0.25, -0.2) is 0 Å². The largest absolute Gasteiger partial charge is 0.342 e. The molecule has 0 aromatic carbocycles. The summed E-state index contributed by atoms with van der Waals surface area (Å²) in [4.78, 5) is 14.2. The number of carbonyl (C=O) groups excluding carboxylic acids is 1. The molecule has 1 atom stereocenters. The van der Waals surface area contributed by atoms with Crippen LogP contribution in [0.4, 0.5) is 0 Å². The van der Waals surface area contributed by atoms with E-state index in [9.17, 15) is 4.79 Å². The summed E-state index contributed by atoms with van der Waals surface area (Å²) in [6.07, 6.45) is 1.69. The first-order valence-corrected chi connectivity index (χ1v) is 6.35. The summed E-state index contributed by atoms with van der Waals surface area (Å²) in [5.74, 6) is 0.284. The van der Waals surface area contributed by atoms with Gasteiger partial charge in [-0.1, -0.05) is 34.6 Å². The molecule has 1 rings (SSSR count). The second-order valence-corrected chi connectivity index (χ2v) is 6.96. The molecule has 0 radical (unpaired) electrons. The minimum Gasteiger partial charge on any atom is -0.342 e. The lowest BCUT2D eigenvalue weighted by atomic mass is 9.83. The quantitative estimate of drug-likeness (QED) is 0.649. The molecule has 0 N–H and O–H groups in total. The summed E-state index contributed by atoms with van der Waals surface area (Å²) in [5.41, 5.74) is -0.291. The SMILES string of the molecule is CC1(C)CC(C#N)CCN(C(=O)C(C)(C)C)C1. The molecule has 1 aliphatic rings. The molecular weight excluding hydrogens is 212 g/mol. The smallest absolute Gasteiger partial charge is 0.227 e. The van der Waals surface area contributed by atoms with Crippen LogP contribution in [0.15, 0.2) is 0 Å². The Bertz CT molecular complexity index is 333. The van der Waals surface area contributed by atoms with Gasteiger partial charge < -0.3 is 4.90 Å². The van der Waals surface area contributed by atoms with Crippen molar-refractivity contribution in [3.63, 3.8) is 0 Å². The number of likely N-dealkylation sites (tertiary alicyclic amines) is 1. The van der Waals surface area contributed by atoms with Crippen LogP contribution in [0.25, 0.3) is 0 Å². The van der Waals surface area contributed by atoms with Gasteiger partial charge in [-0.05, 0) is 18.3 Å². The fraction of sp³-hybridized carbons (Fsp3) is 0.857. The molecule has 1 amide bonds. The Morgan fingerprint density at radius 1 is 1.41 bits per heavy atom. The Balaban J connectivity index is 2.84. The fourth-order valence-electron chi connectivity index (χ4n) is 2.50. The fourth-order valence-corrected chi connectivity index (χ4v) is 2.50. The molecule has 3 nitrogen and oxygen atoms in total. The van der Waals surface area contributed by atoms with Gasteiger partial charge in [-0.3, -0.25) is 4.79 Å². The average molecular weight is 236 g/mol. The van der Waals surface area contributed by atoms with Gasteiger partial charge in [0.2, 0.25) is 5.91 Å². The molecule has 1 fully saturated rings. The lowest BCUT2D eigenvalue weighted by Gasteiger charge is -2.33. The summed E-state index contributed by atoms with van der Waals surface area (Å²) < 4.78 is 0. The van der Waals surface area contributed by atoms with E-state index >= 15 is 0 Å². The van der Waals surface area contributed by atoms with Crippen molar-refractivity contribution < 1.29 is 4.79 Å². The van der Waals surface area contributed by atoms with Crippen LogP contribution in [0.2, 0.25) is 0 Å². The van der Waals surface area contributed by atoms with Gasteiger partial charge in [0.15, 0.2) is 0 Å². The predicted octanol–water partition coefficient (Wildman–Crippen LogP) is 2.82. The second kappa shape index (κ2) is 4.68. The zero-order chi connectivity index (χ0) is 13.3. The summed E-state index contributed by atoms with van der Waals surface area (Å²) in [5, 5.41) is 9.08. The molecule has 1 heterocycles. The summed E-state index contributed by atoms with van der Waals surface area (Å²) in [6, 6.07) is 2.36. The Labute approximate surface area is 105 Å². The Morgan fingerprint density at radius 3 is 2.47 bits per heavy atom. The third kappa shape index (κ3) is 3.73. The minimum atomic E-state index is -0.331. The Hall–Kier alpha value is -1.04. The molecule has 1 unspecified atom stereocenters. The van der Waals surface area contributed by atoms with Crippen LogP contribution in [0.5, 0.6) is 0 Å². The maximum absolute atomic E-state index is 12.3. The van der Waals surface area contributed by atoms with E-state index in [0.717, 1.165) is 25.9 Å². The predicted molar refractivity (Wildman–Crippen MR) is 68.2 cm³/mol. The zero-order valence-electron chi connectivity index (χ0n) is 11.7. The Morgan fingerprint density at radius 2 is 2.00 bits per heavy atom. The van der Waals surface area contributed by atoms with Gasteiger partial charge in [-0.2, -0.15) is 5.26 Å². The van der Waals surface area contributed by atoms with Crippen molar-refractivity contribution in [3.8, 4) is 6.07 Å². The molecular formula is C14H24N2O. The molecule has 17 heavy (non-hydrogen) atoms. The number of carbonyl (C=O) groups is 1.